The summed E-state index contributed by atoms with van der Waals surface area (Å²) < 4.78 is 0. The summed E-state index contributed by atoms with van der Waals surface area (Å²) in [5, 5.41) is 4.55. The number of aromatic amines is 1. The predicted molar refractivity (Wildman–Crippen MR) is 60.5 cm³/mol. The van der Waals surface area contributed by atoms with E-state index in [1.807, 2.05) is 7.05 Å². The zero-order valence-electron chi connectivity index (χ0n) is 8.94. The fourth-order valence-corrected chi connectivity index (χ4v) is 2.07. The summed E-state index contributed by atoms with van der Waals surface area (Å²) in [4.78, 5) is 3.31. The van der Waals surface area contributed by atoms with Crippen molar-refractivity contribution in [1.82, 2.24) is 10.3 Å². The van der Waals surface area contributed by atoms with E-state index in [0.29, 0.717) is 0 Å². The van der Waals surface area contributed by atoms with Gasteiger partial charge in [-0.25, -0.2) is 0 Å². The number of aromatic nitrogens is 1. The van der Waals surface area contributed by atoms with Crippen LogP contribution in [0.2, 0.25) is 0 Å². The zero-order chi connectivity index (χ0) is 10.1. The van der Waals surface area contributed by atoms with Crippen molar-refractivity contribution < 1.29 is 0 Å². The van der Waals surface area contributed by atoms with Crippen molar-refractivity contribution in [2.24, 2.45) is 0 Å². The molecule has 0 bridgehead atoms. The Labute approximate surface area is 84.3 Å². The van der Waals surface area contributed by atoms with Gasteiger partial charge in [-0.15, -0.1) is 0 Å². The first kappa shape index (κ1) is 9.28. The lowest BCUT2D eigenvalue weighted by Gasteiger charge is -2.02. The second-order valence-corrected chi connectivity index (χ2v) is 3.85. The molecule has 0 aliphatic rings. The van der Waals surface area contributed by atoms with Crippen LogP contribution in [0.15, 0.2) is 18.3 Å². The molecule has 0 radical (unpaired) electrons. The summed E-state index contributed by atoms with van der Waals surface area (Å²) >= 11 is 0. The molecule has 1 aromatic carbocycles. The van der Waals surface area contributed by atoms with Crippen molar-refractivity contribution in [2.75, 3.05) is 7.05 Å². The van der Waals surface area contributed by atoms with Crippen LogP contribution in [0.5, 0.6) is 0 Å². The molecule has 0 atom stereocenters. The number of benzene rings is 1. The van der Waals surface area contributed by atoms with Crippen LogP contribution < -0.4 is 5.32 Å². The Hall–Kier alpha value is -1.28. The van der Waals surface area contributed by atoms with Crippen LogP contribution in [0.3, 0.4) is 0 Å². The van der Waals surface area contributed by atoms with E-state index in [9.17, 15) is 0 Å². The van der Waals surface area contributed by atoms with Crippen molar-refractivity contribution in [2.45, 2.75) is 20.4 Å². The highest BCUT2D eigenvalue weighted by Crippen LogP contribution is 2.23. The molecule has 14 heavy (non-hydrogen) atoms. The number of aryl methyl sites for hydroxylation is 2. The van der Waals surface area contributed by atoms with Crippen molar-refractivity contribution in [3.8, 4) is 0 Å². The van der Waals surface area contributed by atoms with Crippen molar-refractivity contribution in [3.63, 3.8) is 0 Å². The Morgan fingerprint density at radius 1 is 1.29 bits per heavy atom. The minimum atomic E-state index is 0.921. The topological polar surface area (TPSA) is 27.8 Å². The second kappa shape index (κ2) is 3.46. The Morgan fingerprint density at radius 3 is 2.79 bits per heavy atom. The third-order valence-electron chi connectivity index (χ3n) is 2.57. The Bertz CT molecular complexity index is 455. The number of hydrogen-bond acceptors (Lipinski definition) is 1. The predicted octanol–water partition coefficient (Wildman–Crippen LogP) is 2.50. The van der Waals surface area contributed by atoms with Gasteiger partial charge in [-0.05, 0) is 43.7 Å². The van der Waals surface area contributed by atoms with Gasteiger partial charge in [0.2, 0.25) is 0 Å². The Kier molecular flexibility index (Phi) is 2.30. The van der Waals surface area contributed by atoms with E-state index in [1.165, 1.54) is 27.6 Å². The molecule has 0 unspecified atom stereocenters. The number of nitrogens with one attached hydrogen (secondary N) is 2. The van der Waals surface area contributed by atoms with Crippen LogP contribution in [0, 0.1) is 13.8 Å². The van der Waals surface area contributed by atoms with E-state index in [-0.39, 0.29) is 0 Å². The van der Waals surface area contributed by atoms with Crippen molar-refractivity contribution in [3.05, 3.63) is 35.0 Å². The zero-order valence-corrected chi connectivity index (χ0v) is 8.94. The molecule has 0 fully saturated rings. The van der Waals surface area contributed by atoms with Gasteiger partial charge in [-0.3, -0.25) is 0 Å². The van der Waals surface area contributed by atoms with E-state index in [0.717, 1.165) is 6.54 Å². The number of fused-ring (bicyclic) bond motifs is 1. The second-order valence-electron chi connectivity index (χ2n) is 3.85. The van der Waals surface area contributed by atoms with Gasteiger partial charge in [-0.2, -0.15) is 0 Å². The first-order valence-corrected chi connectivity index (χ1v) is 4.94. The van der Waals surface area contributed by atoms with Crippen molar-refractivity contribution in [1.29, 1.82) is 0 Å². The monoisotopic (exact) mass is 188 g/mol. The molecule has 2 N–H and O–H groups in total. The van der Waals surface area contributed by atoms with Gasteiger partial charge in [0.05, 0.1) is 0 Å². The largest absolute Gasteiger partial charge is 0.361 e. The summed E-state index contributed by atoms with van der Waals surface area (Å²) in [7, 11) is 1.97. The highest BCUT2D eigenvalue weighted by molar-refractivity contribution is 5.87. The maximum atomic E-state index is 3.31. The molecule has 0 aliphatic carbocycles. The lowest BCUT2D eigenvalue weighted by atomic mass is 10.0. The van der Waals surface area contributed by atoms with Crippen LogP contribution in [0.4, 0.5) is 0 Å². The summed E-state index contributed by atoms with van der Waals surface area (Å²) in [6, 6.07) is 4.43. The minimum absolute atomic E-state index is 0.921. The Morgan fingerprint density at radius 2 is 2.07 bits per heavy atom. The normalized spacial score (nSPS) is 11.1. The lowest BCUT2D eigenvalue weighted by Crippen LogP contribution is -2.04. The number of rotatable bonds is 2. The molecule has 0 spiro atoms. The van der Waals surface area contributed by atoms with Gasteiger partial charge >= 0.3 is 0 Å². The fourth-order valence-electron chi connectivity index (χ4n) is 2.07. The molecule has 1 aromatic heterocycles. The van der Waals surface area contributed by atoms with Crippen LogP contribution in [0.25, 0.3) is 10.9 Å². The molecule has 2 heteroatoms. The van der Waals surface area contributed by atoms with Crippen LogP contribution in [-0.2, 0) is 6.54 Å². The van der Waals surface area contributed by atoms with Gasteiger partial charge in [0, 0.05) is 23.6 Å². The van der Waals surface area contributed by atoms with Crippen LogP contribution in [-0.4, -0.2) is 12.0 Å². The lowest BCUT2D eigenvalue weighted by molar-refractivity contribution is 0.823. The SMILES string of the molecule is CNCc1c[nH]c2cc(C)cc(C)c12. The molecule has 0 saturated carbocycles. The first-order chi connectivity index (χ1) is 6.72. The minimum Gasteiger partial charge on any atom is -0.361 e. The maximum Gasteiger partial charge on any atom is 0.0462 e. The van der Waals surface area contributed by atoms with Crippen molar-refractivity contribution >= 4 is 10.9 Å². The highest BCUT2D eigenvalue weighted by Gasteiger charge is 2.05. The van der Waals surface area contributed by atoms with Gasteiger partial charge in [-0.1, -0.05) is 6.07 Å². The fraction of sp³-hybridized carbons (Fsp3) is 0.333. The highest BCUT2D eigenvalue weighted by atomic mass is 14.8. The maximum absolute atomic E-state index is 3.31. The molecule has 74 valence electrons. The van der Waals surface area contributed by atoms with E-state index < -0.39 is 0 Å². The molecule has 2 aromatic rings. The van der Waals surface area contributed by atoms with Crippen LogP contribution >= 0.6 is 0 Å². The average Bonchev–Trinajstić information content (AvgIpc) is 2.49. The molecule has 2 nitrogen and oxygen atoms in total. The molecule has 0 amide bonds. The third kappa shape index (κ3) is 1.42. The molecular weight excluding hydrogens is 172 g/mol. The van der Waals surface area contributed by atoms with Gasteiger partial charge < -0.3 is 10.3 Å². The van der Waals surface area contributed by atoms with Crippen LogP contribution in [0.1, 0.15) is 16.7 Å². The van der Waals surface area contributed by atoms with Gasteiger partial charge in [0.25, 0.3) is 0 Å². The van der Waals surface area contributed by atoms with E-state index in [1.54, 1.807) is 0 Å². The molecular formula is C12H16N2. The molecule has 0 saturated heterocycles. The Balaban J connectivity index is 2.66. The summed E-state index contributed by atoms with van der Waals surface area (Å²) in [5.74, 6) is 0. The average molecular weight is 188 g/mol. The van der Waals surface area contributed by atoms with Gasteiger partial charge in [0.1, 0.15) is 0 Å². The standard InChI is InChI=1S/C12H16N2/c1-8-4-9(2)12-10(6-13-3)7-14-11(12)5-8/h4-5,7,13-14H,6H2,1-3H3. The summed E-state index contributed by atoms with van der Waals surface area (Å²) in [6.45, 7) is 5.22. The molecule has 0 aliphatic heterocycles. The number of hydrogen-bond donors (Lipinski definition) is 2. The summed E-state index contributed by atoms with van der Waals surface area (Å²) in [5.41, 5.74) is 5.26. The third-order valence-corrected chi connectivity index (χ3v) is 2.57. The molecule has 2 rings (SSSR count). The van der Waals surface area contributed by atoms with E-state index in [4.69, 9.17) is 0 Å². The smallest absolute Gasteiger partial charge is 0.0462 e. The molecule has 1 heterocycles. The van der Waals surface area contributed by atoms with E-state index in [2.05, 4.69) is 42.5 Å². The summed E-state index contributed by atoms with van der Waals surface area (Å²) in [6.07, 6.45) is 2.09. The first-order valence-electron chi connectivity index (χ1n) is 4.94. The number of H-pyrrole nitrogens is 1. The van der Waals surface area contributed by atoms with Gasteiger partial charge in [0.15, 0.2) is 0 Å². The quantitative estimate of drug-likeness (QED) is 0.744. The van der Waals surface area contributed by atoms with E-state index >= 15 is 0 Å².